The number of rotatable bonds is 5. The zero-order valence-corrected chi connectivity index (χ0v) is 16.3. The van der Waals surface area contributed by atoms with E-state index in [9.17, 15) is 9.59 Å². The summed E-state index contributed by atoms with van der Waals surface area (Å²) in [5.74, 6) is -0.0616. The topological polar surface area (TPSA) is 34.1 Å². The minimum atomic E-state index is -0.875. The van der Waals surface area contributed by atoms with Crippen molar-refractivity contribution >= 4 is 17.6 Å². The van der Waals surface area contributed by atoms with Gasteiger partial charge in [0.25, 0.3) is 0 Å². The van der Waals surface area contributed by atoms with Crippen molar-refractivity contribution in [3.05, 3.63) is 125 Å². The van der Waals surface area contributed by atoms with E-state index < -0.39 is 5.41 Å². The van der Waals surface area contributed by atoms with E-state index in [1.54, 1.807) is 18.2 Å². The van der Waals surface area contributed by atoms with Crippen molar-refractivity contribution in [2.24, 2.45) is 0 Å². The van der Waals surface area contributed by atoms with Gasteiger partial charge in [0.05, 0.1) is 5.41 Å². The second-order valence-corrected chi connectivity index (χ2v) is 7.51. The van der Waals surface area contributed by atoms with E-state index >= 15 is 0 Å². The highest BCUT2D eigenvalue weighted by Gasteiger charge is 2.38. The SMILES string of the molecule is C[C@]1(/C=C\C(=O)c2ccccc2)C(=O)C(Cc2ccccc2)=Cc2ccccc21. The number of benzene rings is 3. The van der Waals surface area contributed by atoms with E-state index in [2.05, 4.69) is 0 Å². The molecule has 0 heterocycles. The second kappa shape index (κ2) is 7.84. The molecule has 0 amide bonds. The second-order valence-electron chi connectivity index (χ2n) is 7.51. The van der Waals surface area contributed by atoms with Gasteiger partial charge in [0.1, 0.15) is 0 Å². The lowest BCUT2D eigenvalue weighted by Crippen LogP contribution is -2.35. The highest BCUT2D eigenvalue weighted by atomic mass is 16.1. The number of hydrogen-bond donors (Lipinski definition) is 0. The standard InChI is InChI=1S/C27H22O2/c1-27(17-16-25(28)21-12-6-3-7-13-21)24-15-9-8-14-22(24)19-23(26(27)29)18-20-10-4-2-5-11-20/h2-17,19H,18H2,1H3/b17-16-/t27-/m1/s1. The van der Waals surface area contributed by atoms with E-state index in [1.165, 1.54) is 6.08 Å². The first kappa shape index (κ1) is 18.8. The first-order valence-corrected chi connectivity index (χ1v) is 9.75. The number of allylic oxidation sites excluding steroid dienone is 3. The molecule has 3 aromatic carbocycles. The van der Waals surface area contributed by atoms with Gasteiger partial charge in [0, 0.05) is 17.6 Å². The minimum absolute atomic E-state index is 0.0390. The molecule has 0 saturated carbocycles. The molecule has 29 heavy (non-hydrogen) atoms. The van der Waals surface area contributed by atoms with Crippen LogP contribution in [0.4, 0.5) is 0 Å². The van der Waals surface area contributed by atoms with Gasteiger partial charge in [-0.3, -0.25) is 9.59 Å². The van der Waals surface area contributed by atoms with Crippen molar-refractivity contribution in [2.75, 3.05) is 0 Å². The van der Waals surface area contributed by atoms with E-state index in [0.717, 1.165) is 22.3 Å². The Morgan fingerprint density at radius 2 is 1.48 bits per heavy atom. The molecule has 0 fully saturated rings. The third-order valence-electron chi connectivity index (χ3n) is 5.48. The summed E-state index contributed by atoms with van der Waals surface area (Å²) in [5, 5.41) is 0. The van der Waals surface area contributed by atoms with Crippen LogP contribution in [0.3, 0.4) is 0 Å². The fourth-order valence-corrected chi connectivity index (χ4v) is 3.86. The smallest absolute Gasteiger partial charge is 0.185 e. The molecule has 1 aliphatic carbocycles. The number of hydrogen-bond acceptors (Lipinski definition) is 2. The molecule has 2 nitrogen and oxygen atoms in total. The van der Waals surface area contributed by atoms with Crippen LogP contribution in [-0.4, -0.2) is 11.6 Å². The summed E-state index contributed by atoms with van der Waals surface area (Å²) in [6.45, 7) is 1.90. The van der Waals surface area contributed by atoms with Crippen LogP contribution < -0.4 is 0 Å². The largest absolute Gasteiger partial charge is 0.293 e. The van der Waals surface area contributed by atoms with E-state index in [-0.39, 0.29) is 11.6 Å². The van der Waals surface area contributed by atoms with Gasteiger partial charge in [-0.25, -0.2) is 0 Å². The summed E-state index contributed by atoms with van der Waals surface area (Å²) < 4.78 is 0. The molecule has 4 rings (SSSR count). The van der Waals surface area contributed by atoms with Crippen LogP contribution in [0, 0.1) is 0 Å². The molecular weight excluding hydrogens is 356 g/mol. The molecule has 1 atom stereocenters. The minimum Gasteiger partial charge on any atom is -0.293 e. The molecule has 0 radical (unpaired) electrons. The van der Waals surface area contributed by atoms with Crippen LogP contribution in [0.5, 0.6) is 0 Å². The summed E-state index contributed by atoms with van der Waals surface area (Å²) in [4.78, 5) is 26.1. The molecule has 2 heteroatoms. The fourth-order valence-electron chi connectivity index (χ4n) is 3.86. The number of Topliss-reactive ketones (excluding diaryl/α,β-unsaturated/α-hetero) is 1. The monoisotopic (exact) mass is 378 g/mol. The van der Waals surface area contributed by atoms with Gasteiger partial charge >= 0.3 is 0 Å². The van der Waals surface area contributed by atoms with Gasteiger partial charge in [-0.1, -0.05) is 91.0 Å². The molecule has 1 aliphatic rings. The first-order valence-electron chi connectivity index (χ1n) is 9.75. The van der Waals surface area contributed by atoms with Crippen molar-refractivity contribution in [2.45, 2.75) is 18.8 Å². The summed E-state index contributed by atoms with van der Waals surface area (Å²) in [5.41, 5.74) is 3.55. The van der Waals surface area contributed by atoms with E-state index in [0.29, 0.717) is 12.0 Å². The zero-order chi connectivity index (χ0) is 20.3. The van der Waals surface area contributed by atoms with Gasteiger partial charge in [0.15, 0.2) is 11.6 Å². The number of ketones is 2. The lowest BCUT2D eigenvalue weighted by atomic mass is 9.69. The quantitative estimate of drug-likeness (QED) is 0.428. The summed E-state index contributed by atoms with van der Waals surface area (Å²) in [6, 6.07) is 27.0. The lowest BCUT2D eigenvalue weighted by Gasteiger charge is -2.32. The highest BCUT2D eigenvalue weighted by Crippen LogP contribution is 2.38. The van der Waals surface area contributed by atoms with Crippen molar-refractivity contribution in [1.29, 1.82) is 0 Å². The van der Waals surface area contributed by atoms with Crippen LogP contribution in [0.25, 0.3) is 6.08 Å². The molecule has 3 aromatic rings. The molecule has 0 saturated heterocycles. The van der Waals surface area contributed by atoms with Crippen LogP contribution >= 0.6 is 0 Å². The number of carbonyl (C=O) groups excluding carboxylic acids is 2. The predicted molar refractivity (Wildman–Crippen MR) is 117 cm³/mol. The average molecular weight is 378 g/mol. The Kier molecular flexibility index (Phi) is 5.09. The third kappa shape index (κ3) is 3.74. The molecule has 0 N–H and O–H groups in total. The zero-order valence-electron chi connectivity index (χ0n) is 16.3. The normalized spacial score (nSPS) is 18.4. The van der Waals surface area contributed by atoms with E-state index in [4.69, 9.17) is 0 Å². The van der Waals surface area contributed by atoms with Gasteiger partial charge < -0.3 is 0 Å². The molecule has 142 valence electrons. The maximum atomic E-state index is 13.5. The molecule has 0 bridgehead atoms. The summed E-state index contributed by atoms with van der Waals surface area (Å²) in [7, 11) is 0. The van der Waals surface area contributed by atoms with Gasteiger partial charge in [0.2, 0.25) is 0 Å². The fraction of sp³-hybridized carbons (Fsp3) is 0.111. The van der Waals surface area contributed by atoms with Crippen LogP contribution in [0.15, 0.2) is 103 Å². The van der Waals surface area contributed by atoms with Crippen molar-refractivity contribution in [3.63, 3.8) is 0 Å². The van der Waals surface area contributed by atoms with E-state index in [1.807, 2.05) is 85.8 Å². The molecule has 0 unspecified atom stereocenters. The molecule has 0 aliphatic heterocycles. The Balaban J connectivity index is 1.72. The first-order chi connectivity index (χ1) is 14.1. The number of fused-ring (bicyclic) bond motifs is 1. The summed E-state index contributed by atoms with van der Waals surface area (Å²) >= 11 is 0. The molecule has 0 aromatic heterocycles. The van der Waals surface area contributed by atoms with Gasteiger partial charge in [-0.05, 0) is 35.8 Å². The van der Waals surface area contributed by atoms with Gasteiger partial charge in [-0.15, -0.1) is 0 Å². The number of carbonyl (C=O) groups is 2. The Morgan fingerprint density at radius 3 is 2.21 bits per heavy atom. The van der Waals surface area contributed by atoms with Crippen LogP contribution in [-0.2, 0) is 16.6 Å². The van der Waals surface area contributed by atoms with Gasteiger partial charge in [-0.2, -0.15) is 0 Å². The average Bonchev–Trinajstić information content (AvgIpc) is 2.77. The van der Waals surface area contributed by atoms with Crippen molar-refractivity contribution in [3.8, 4) is 0 Å². The van der Waals surface area contributed by atoms with Crippen LogP contribution in [0.2, 0.25) is 0 Å². The maximum Gasteiger partial charge on any atom is 0.185 e. The van der Waals surface area contributed by atoms with Crippen LogP contribution in [0.1, 0.15) is 34.0 Å². The predicted octanol–water partition coefficient (Wildman–Crippen LogP) is 5.59. The Hall–Kier alpha value is -3.52. The maximum absolute atomic E-state index is 13.5. The molecular formula is C27H22O2. The Bertz CT molecular complexity index is 1110. The lowest BCUT2D eigenvalue weighted by molar-refractivity contribution is -0.119. The van der Waals surface area contributed by atoms with Crippen molar-refractivity contribution in [1.82, 2.24) is 0 Å². The summed E-state index contributed by atoms with van der Waals surface area (Å²) in [6.07, 6.45) is 5.86. The Labute approximate surface area is 171 Å². The van der Waals surface area contributed by atoms with Crippen molar-refractivity contribution < 1.29 is 9.59 Å². The Morgan fingerprint density at radius 1 is 0.862 bits per heavy atom. The third-order valence-corrected chi connectivity index (χ3v) is 5.48. The highest BCUT2D eigenvalue weighted by molar-refractivity contribution is 6.12. The molecule has 0 spiro atoms.